The first-order valence-electron chi connectivity index (χ1n) is 7.60. The fourth-order valence-electron chi connectivity index (χ4n) is 2.36. The summed E-state index contributed by atoms with van der Waals surface area (Å²) in [5, 5.41) is 3.24. The van der Waals surface area contributed by atoms with Gasteiger partial charge in [0, 0.05) is 11.3 Å². The molecule has 120 valence electrons. The number of benzene rings is 1. The number of hydrogen-bond donors (Lipinski definition) is 1. The first-order chi connectivity index (χ1) is 11.1. The number of fused-ring (bicyclic) bond motifs is 1. The first kappa shape index (κ1) is 15.3. The number of Topliss-reactive ketones (excluding diaryl/α,β-unsaturated/α-hetero) is 1. The molecule has 1 saturated carbocycles. The second kappa shape index (κ2) is 6.24. The van der Waals surface area contributed by atoms with E-state index in [1.165, 1.54) is 0 Å². The molecule has 1 fully saturated rings. The van der Waals surface area contributed by atoms with E-state index in [2.05, 4.69) is 5.32 Å². The van der Waals surface area contributed by atoms with E-state index < -0.39 is 11.9 Å². The second-order valence-corrected chi connectivity index (χ2v) is 5.48. The molecule has 0 radical (unpaired) electrons. The fraction of sp³-hybridized carbons (Fsp3) is 0.353. The molecule has 1 aliphatic carbocycles. The molecule has 3 rings (SSSR count). The van der Waals surface area contributed by atoms with Gasteiger partial charge in [0.2, 0.25) is 5.76 Å². The topological polar surface area (TPSA) is 85.6 Å². The third kappa shape index (κ3) is 3.26. The molecule has 6 heteroatoms. The van der Waals surface area contributed by atoms with E-state index in [0.717, 1.165) is 12.8 Å². The van der Waals surface area contributed by atoms with Crippen molar-refractivity contribution in [2.75, 3.05) is 13.2 Å². The Labute approximate surface area is 132 Å². The molecule has 1 heterocycles. The highest BCUT2D eigenvalue weighted by Crippen LogP contribution is 2.29. The van der Waals surface area contributed by atoms with Gasteiger partial charge in [0.1, 0.15) is 5.58 Å². The molecule has 0 bridgehead atoms. The summed E-state index contributed by atoms with van der Waals surface area (Å²) in [6.45, 7) is 1.97. The van der Waals surface area contributed by atoms with Gasteiger partial charge in [0.05, 0.1) is 18.7 Å². The Morgan fingerprint density at radius 1 is 1.30 bits per heavy atom. The molecule has 1 aromatic heterocycles. The predicted octanol–water partition coefficient (Wildman–Crippen LogP) is 2.32. The van der Waals surface area contributed by atoms with Gasteiger partial charge in [-0.25, -0.2) is 4.79 Å². The van der Waals surface area contributed by atoms with Crippen molar-refractivity contribution >= 4 is 28.6 Å². The van der Waals surface area contributed by atoms with Crippen LogP contribution >= 0.6 is 0 Å². The number of ketones is 1. The zero-order valence-corrected chi connectivity index (χ0v) is 12.8. The molecule has 0 atom stereocenters. The molecule has 0 aliphatic heterocycles. The molecule has 1 aromatic carbocycles. The van der Waals surface area contributed by atoms with Crippen molar-refractivity contribution in [3.63, 3.8) is 0 Å². The Morgan fingerprint density at radius 3 is 2.78 bits per heavy atom. The molecule has 6 nitrogen and oxygen atoms in total. The minimum absolute atomic E-state index is 0.0192. The number of carbonyl (C=O) groups is 3. The van der Waals surface area contributed by atoms with Crippen molar-refractivity contribution in [1.82, 2.24) is 5.32 Å². The molecule has 1 N–H and O–H groups in total. The molecule has 1 amide bonds. The van der Waals surface area contributed by atoms with E-state index >= 15 is 0 Å². The van der Waals surface area contributed by atoms with Crippen LogP contribution < -0.4 is 5.32 Å². The summed E-state index contributed by atoms with van der Waals surface area (Å²) in [7, 11) is 0. The van der Waals surface area contributed by atoms with E-state index in [-0.39, 0.29) is 30.6 Å². The average molecular weight is 315 g/mol. The molecule has 2 aromatic rings. The van der Waals surface area contributed by atoms with Crippen LogP contribution in [0.3, 0.4) is 0 Å². The van der Waals surface area contributed by atoms with E-state index in [0.29, 0.717) is 16.5 Å². The number of nitrogens with one attached hydrogen (secondary N) is 1. The van der Waals surface area contributed by atoms with Gasteiger partial charge >= 0.3 is 5.97 Å². The summed E-state index contributed by atoms with van der Waals surface area (Å²) < 4.78 is 10.4. The highest BCUT2D eigenvalue weighted by atomic mass is 16.5. The summed E-state index contributed by atoms with van der Waals surface area (Å²) >= 11 is 0. The molecule has 1 aliphatic rings. The van der Waals surface area contributed by atoms with Gasteiger partial charge in [-0.1, -0.05) is 12.1 Å². The minimum atomic E-state index is -0.570. The van der Waals surface area contributed by atoms with Crippen molar-refractivity contribution < 1.29 is 23.5 Å². The third-order valence-electron chi connectivity index (χ3n) is 3.72. The van der Waals surface area contributed by atoms with Crippen LogP contribution in [0, 0.1) is 5.92 Å². The lowest BCUT2D eigenvalue weighted by atomic mass is 10.1. The Morgan fingerprint density at radius 2 is 2.09 bits per heavy atom. The van der Waals surface area contributed by atoms with Gasteiger partial charge < -0.3 is 14.5 Å². The summed E-state index contributed by atoms with van der Waals surface area (Å²) in [4.78, 5) is 35.7. The largest absolute Gasteiger partial charge is 0.460 e. The molecule has 23 heavy (non-hydrogen) atoms. The number of furan rings is 1. The third-order valence-corrected chi connectivity index (χ3v) is 3.72. The van der Waals surface area contributed by atoms with Crippen LogP contribution in [0.25, 0.3) is 11.0 Å². The zero-order chi connectivity index (χ0) is 16.4. The van der Waals surface area contributed by atoms with Crippen LogP contribution in [0.2, 0.25) is 0 Å². The monoisotopic (exact) mass is 315 g/mol. The Balaban J connectivity index is 1.80. The van der Waals surface area contributed by atoms with Gasteiger partial charge in [0.15, 0.2) is 5.78 Å². The number of carbonyl (C=O) groups excluding carboxylic acids is 3. The maximum atomic E-state index is 12.3. The number of hydrogen-bond acceptors (Lipinski definition) is 5. The number of para-hydroxylation sites is 1. The number of ether oxygens (including phenoxy) is 1. The summed E-state index contributed by atoms with van der Waals surface area (Å²) in [5.41, 5.74) is 0.605. The van der Waals surface area contributed by atoms with Crippen molar-refractivity contribution in [2.45, 2.75) is 19.8 Å². The van der Waals surface area contributed by atoms with E-state index in [9.17, 15) is 14.4 Å². The van der Waals surface area contributed by atoms with E-state index in [4.69, 9.17) is 9.15 Å². The van der Waals surface area contributed by atoms with Crippen LogP contribution in [0.5, 0.6) is 0 Å². The first-order valence-corrected chi connectivity index (χ1v) is 7.60. The van der Waals surface area contributed by atoms with Crippen LogP contribution in [-0.4, -0.2) is 30.8 Å². The van der Waals surface area contributed by atoms with E-state index in [1.54, 1.807) is 31.2 Å². The van der Waals surface area contributed by atoms with Crippen molar-refractivity contribution in [3.05, 3.63) is 35.6 Å². The van der Waals surface area contributed by atoms with Gasteiger partial charge in [-0.3, -0.25) is 9.59 Å². The Bertz CT molecular complexity index is 772. The molecular formula is C17H17NO5. The minimum Gasteiger partial charge on any atom is -0.460 e. The molecular weight excluding hydrogens is 298 g/mol. The number of esters is 1. The lowest BCUT2D eigenvalue weighted by Crippen LogP contribution is -2.30. The summed E-state index contributed by atoms with van der Waals surface area (Å²) in [6.07, 6.45) is 1.82. The van der Waals surface area contributed by atoms with Crippen LogP contribution in [0.4, 0.5) is 0 Å². The molecule has 0 spiro atoms. The van der Waals surface area contributed by atoms with Crippen molar-refractivity contribution in [3.8, 4) is 0 Å². The maximum absolute atomic E-state index is 12.3. The number of amides is 1. The molecule has 0 unspecified atom stereocenters. The van der Waals surface area contributed by atoms with Crippen molar-refractivity contribution in [2.24, 2.45) is 5.92 Å². The maximum Gasteiger partial charge on any atom is 0.374 e. The van der Waals surface area contributed by atoms with Crippen LogP contribution in [-0.2, 0) is 9.53 Å². The number of rotatable bonds is 6. The SMILES string of the molecule is CCOC(=O)c1cc2cccc(C(=O)NCC(=O)C3CC3)c2o1. The lowest BCUT2D eigenvalue weighted by molar-refractivity contribution is -0.119. The van der Waals surface area contributed by atoms with Gasteiger partial charge in [0.25, 0.3) is 5.91 Å². The smallest absolute Gasteiger partial charge is 0.374 e. The Kier molecular flexibility index (Phi) is 4.14. The summed E-state index contributed by atoms with van der Waals surface area (Å²) in [6, 6.07) is 6.58. The molecule has 0 saturated heterocycles. The zero-order valence-electron chi connectivity index (χ0n) is 12.8. The van der Waals surface area contributed by atoms with Crippen molar-refractivity contribution in [1.29, 1.82) is 0 Å². The van der Waals surface area contributed by atoms with Crippen LogP contribution in [0.1, 0.15) is 40.7 Å². The standard InChI is InChI=1S/C17H17NO5/c1-2-22-17(21)14-8-11-4-3-5-12(15(11)23-14)16(20)18-9-13(19)10-6-7-10/h3-5,8,10H,2,6-7,9H2,1H3,(H,18,20). The highest BCUT2D eigenvalue weighted by Gasteiger charge is 2.29. The normalized spacial score (nSPS) is 13.8. The Hall–Kier alpha value is -2.63. The van der Waals surface area contributed by atoms with Crippen LogP contribution in [0.15, 0.2) is 28.7 Å². The highest BCUT2D eigenvalue weighted by molar-refractivity contribution is 6.07. The quantitative estimate of drug-likeness (QED) is 0.827. The van der Waals surface area contributed by atoms with Gasteiger partial charge in [-0.15, -0.1) is 0 Å². The fourth-order valence-corrected chi connectivity index (χ4v) is 2.36. The van der Waals surface area contributed by atoms with Gasteiger partial charge in [-0.2, -0.15) is 0 Å². The van der Waals surface area contributed by atoms with E-state index in [1.807, 2.05) is 0 Å². The second-order valence-electron chi connectivity index (χ2n) is 5.48. The lowest BCUT2D eigenvalue weighted by Gasteiger charge is -2.04. The summed E-state index contributed by atoms with van der Waals surface area (Å²) in [5.74, 6) is -0.758. The van der Waals surface area contributed by atoms with Gasteiger partial charge in [-0.05, 0) is 31.9 Å². The predicted molar refractivity (Wildman–Crippen MR) is 82.2 cm³/mol. The average Bonchev–Trinajstić information content (AvgIpc) is 3.30.